The van der Waals surface area contributed by atoms with Crippen molar-refractivity contribution in [3.8, 4) is 11.5 Å². The van der Waals surface area contributed by atoms with Gasteiger partial charge in [0.2, 0.25) is 0 Å². The lowest BCUT2D eigenvalue weighted by atomic mass is 10.2. The second-order valence-electron chi connectivity index (χ2n) is 6.02. The zero-order valence-electron chi connectivity index (χ0n) is 14.9. The molecule has 4 rings (SSSR count). The number of nitrogens with one attached hydrogen (secondary N) is 2. The van der Waals surface area contributed by atoms with Crippen molar-refractivity contribution < 1.29 is 18.7 Å². The monoisotopic (exact) mass is 400 g/mol. The van der Waals surface area contributed by atoms with Gasteiger partial charge in [-0.2, -0.15) is 4.39 Å². The van der Waals surface area contributed by atoms with Crippen LogP contribution in [0.15, 0.2) is 42.0 Å². The lowest BCUT2D eigenvalue weighted by Crippen LogP contribution is -2.13. The van der Waals surface area contributed by atoms with Crippen molar-refractivity contribution in [2.45, 2.75) is 26.4 Å². The van der Waals surface area contributed by atoms with E-state index in [1.54, 1.807) is 23.8 Å². The number of pyridine rings is 1. The Bertz CT molecular complexity index is 1010. The summed E-state index contributed by atoms with van der Waals surface area (Å²) in [6, 6.07) is 8.62. The van der Waals surface area contributed by atoms with Crippen molar-refractivity contribution in [3.63, 3.8) is 0 Å². The van der Waals surface area contributed by atoms with Gasteiger partial charge in [-0.05, 0) is 36.2 Å². The van der Waals surface area contributed by atoms with Crippen LogP contribution >= 0.6 is 11.3 Å². The maximum atomic E-state index is 13.1. The van der Waals surface area contributed by atoms with Crippen molar-refractivity contribution in [1.82, 2.24) is 9.97 Å². The Hall–Kier alpha value is -3.20. The molecule has 0 saturated carbocycles. The maximum Gasteiger partial charge on any atom is 0.397 e. The van der Waals surface area contributed by atoms with Gasteiger partial charge in [-0.25, -0.2) is 4.98 Å². The molecule has 2 aromatic heterocycles. The van der Waals surface area contributed by atoms with E-state index in [0.29, 0.717) is 28.7 Å². The van der Waals surface area contributed by atoms with Gasteiger partial charge in [0.25, 0.3) is 5.91 Å². The largest absolute Gasteiger partial charge is 0.425 e. The van der Waals surface area contributed by atoms with Crippen molar-refractivity contribution in [2.75, 3.05) is 10.6 Å². The Labute approximate surface area is 164 Å². The van der Waals surface area contributed by atoms with Gasteiger partial charge in [-0.3, -0.25) is 9.78 Å². The minimum Gasteiger partial charge on any atom is -0.425 e. The van der Waals surface area contributed by atoms with Crippen molar-refractivity contribution in [2.24, 2.45) is 0 Å². The van der Waals surface area contributed by atoms with Crippen LogP contribution in [-0.2, 0) is 13.0 Å². The van der Waals surface area contributed by atoms with E-state index in [0.717, 1.165) is 17.7 Å². The van der Waals surface area contributed by atoms with E-state index >= 15 is 0 Å². The van der Waals surface area contributed by atoms with Gasteiger partial charge < -0.3 is 20.1 Å². The predicted octanol–water partition coefficient (Wildman–Crippen LogP) is 3.99. The van der Waals surface area contributed by atoms with Gasteiger partial charge in [-0.1, -0.05) is 6.92 Å². The molecular formula is C19H17FN4O3S. The summed E-state index contributed by atoms with van der Waals surface area (Å²) in [6.45, 7) is 0.757. The van der Waals surface area contributed by atoms with Gasteiger partial charge in [0.1, 0.15) is 10.7 Å². The van der Waals surface area contributed by atoms with Crippen LogP contribution in [0.25, 0.3) is 0 Å². The number of aromatic nitrogens is 2. The summed E-state index contributed by atoms with van der Waals surface area (Å²) >= 11 is 1.23. The number of nitrogens with zero attached hydrogens (tertiary/aromatic N) is 2. The molecule has 1 unspecified atom stereocenters. The highest BCUT2D eigenvalue weighted by Gasteiger charge is 2.24. The lowest BCUT2D eigenvalue weighted by Gasteiger charge is -2.08. The highest BCUT2D eigenvalue weighted by molar-refractivity contribution is 7.12. The van der Waals surface area contributed by atoms with Crippen LogP contribution in [0.5, 0.6) is 11.5 Å². The topological polar surface area (TPSA) is 85.4 Å². The number of halogens is 1. The van der Waals surface area contributed by atoms with E-state index in [4.69, 9.17) is 9.47 Å². The van der Waals surface area contributed by atoms with Crippen LogP contribution in [0.1, 0.15) is 27.9 Å². The molecule has 28 heavy (non-hydrogen) atoms. The lowest BCUT2D eigenvalue weighted by molar-refractivity contribution is -0.0651. The first-order chi connectivity index (χ1) is 13.6. The fraction of sp³-hybridized carbons (Fsp3) is 0.211. The number of rotatable bonds is 6. The van der Waals surface area contributed by atoms with Crippen molar-refractivity contribution in [3.05, 3.63) is 58.2 Å². The number of carbonyl (C=O) groups is 1. The summed E-state index contributed by atoms with van der Waals surface area (Å²) in [5.74, 6) is 0.735. The van der Waals surface area contributed by atoms with Gasteiger partial charge >= 0.3 is 6.54 Å². The van der Waals surface area contributed by atoms with Crippen LogP contribution < -0.4 is 20.1 Å². The number of hydrogen-bond acceptors (Lipinski definition) is 7. The average Bonchev–Trinajstić information content (AvgIpc) is 3.31. The summed E-state index contributed by atoms with van der Waals surface area (Å²) < 4.78 is 22.8. The number of benzene rings is 1. The molecule has 0 aliphatic carbocycles. The SMILES string of the molecule is CCc1cc(CNc2ncsc2C(=O)Nc2ccc3c(c2)OC(F)O3)ccn1. The molecule has 9 heteroatoms. The number of alkyl halides is 1. The third kappa shape index (κ3) is 3.89. The summed E-state index contributed by atoms with van der Waals surface area (Å²) in [7, 11) is 0. The van der Waals surface area contributed by atoms with Crippen molar-refractivity contribution >= 4 is 28.7 Å². The minimum atomic E-state index is -1.82. The molecule has 0 fully saturated rings. The molecule has 0 radical (unpaired) electrons. The molecule has 144 valence electrons. The standard InChI is InChI=1S/C19H17FN4O3S/c1-2-12-7-11(5-6-21-12)9-22-17-16(28-10-23-17)18(25)24-13-3-4-14-15(8-13)27-19(20)26-14/h3-8,10,19,22H,2,9H2,1H3,(H,24,25). The number of fused-ring (bicyclic) bond motifs is 1. The van der Waals surface area contributed by atoms with E-state index in [1.165, 1.54) is 17.4 Å². The normalized spacial score (nSPS) is 14.7. The number of ether oxygens (including phenoxy) is 2. The summed E-state index contributed by atoms with van der Waals surface area (Å²) in [5, 5.41) is 5.96. The van der Waals surface area contributed by atoms with E-state index in [2.05, 4.69) is 20.6 Å². The van der Waals surface area contributed by atoms with E-state index in [9.17, 15) is 9.18 Å². The molecule has 3 heterocycles. The first-order valence-electron chi connectivity index (χ1n) is 8.66. The van der Waals surface area contributed by atoms with Crippen molar-refractivity contribution in [1.29, 1.82) is 0 Å². The zero-order chi connectivity index (χ0) is 19.5. The Kier molecular flexibility index (Phi) is 5.07. The Morgan fingerprint density at radius 1 is 1.21 bits per heavy atom. The Morgan fingerprint density at radius 3 is 2.93 bits per heavy atom. The van der Waals surface area contributed by atoms with Crippen LogP contribution in [0, 0.1) is 0 Å². The van der Waals surface area contributed by atoms with Crippen LogP contribution in [0.3, 0.4) is 0 Å². The highest BCUT2D eigenvalue weighted by Crippen LogP contribution is 2.37. The number of carbonyl (C=O) groups excluding carboxylic acids is 1. The number of thiazole rings is 1. The van der Waals surface area contributed by atoms with E-state index < -0.39 is 6.54 Å². The van der Waals surface area contributed by atoms with Crippen LogP contribution in [-0.4, -0.2) is 22.4 Å². The number of amides is 1. The third-order valence-corrected chi connectivity index (χ3v) is 4.94. The maximum absolute atomic E-state index is 13.1. The van der Waals surface area contributed by atoms with Gasteiger partial charge in [0.15, 0.2) is 11.5 Å². The fourth-order valence-electron chi connectivity index (χ4n) is 2.74. The van der Waals surface area contributed by atoms with Gasteiger partial charge in [0.05, 0.1) is 5.51 Å². The van der Waals surface area contributed by atoms with E-state index in [1.807, 2.05) is 19.1 Å². The molecule has 1 atom stereocenters. The molecule has 7 nitrogen and oxygen atoms in total. The molecule has 0 spiro atoms. The number of aryl methyl sites for hydroxylation is 1. The highest BCUT2D eigenvalue weighted by atomic mass is 32.1. The molecule has 1 aromatic carbocycles. The summed E-state index contributed by atoms with van der Waals surface area (Å²) in [4.78, 5) is 21.6. The molecule has 2 N–H and O–H groups in total. The summed E-state index contributed by atoms with van der Waals surface area (Å²) in [5.41, 5.74) is 4.15. The molecule has 1 aliphatic heterocycles. The Balaban J connectivity index is 1.43. The molecule has 3 aromatic rings. The fourth-order valence-corrected chi connectivity index (χ4v) is 3.40. The summed E-state index contributed by atoms with van der Waals surface area (Å²) in [6.07, 6.45) is 2.63. The molecule has 1 amide bonds. The smallest absolute Gasteiger partial charge is 0.397 e. The minimum absolute atomic E-state index is 0.248. The third-order valence-electron chi connectivity index (χ3n) is 4.12. The second kappa shape index (κ2) is 7.81. The first kappa shape index (κ1) is 18.2. The molecule has 0 saturated heterocycles. The quantitative estimate of drug-likeness (QED) is 0.651. The Morgan fingerprint density at radius 2 is 2.07 bits per heavy atom. The molecule has 1 aliphatic rings. The van der Waals surface area contributed by atoms with Gasteiger partial charge in [0, 0.05) is 30.2 Å². The van der Waals surface area contributed by atoms with E-state index in [-0.39, 0.29) is 11.7 Å². The molecular weight excluding hydrogens is 383 g/mol. The first-order valence-corrected chi connectivity index (χ1v) is 9.54. The van der Waals surface area contributed by atoms with Crippen LogP contribution in [0.4, 0.5) is 15.9 Å². The zero-order valence-corrected chi connectivity index (χ0v) is 15.8. The number of hydrogen-bond donors (Lipinski definition) is 2. The van der Waals surface area contributed by atoms with Gasteiger partial charge in [-0.15, -0.1) is 11.3 Å². The predicted molar refractivity (Wildman–Crippen MR) is 104 cm³/mol. The second-order valence-corrected chi connectivity index (χ2v) is 6.87. The molecule has 0 bridgehead atoms. The van der Waals surface area contributed by atoms with Crippen LogP contribution in [0.2, 0.25) is 0 Å². The average molecular weight is 400 g/mol. The number of anilines is 2.